The Morgan fingerprint density at radius 3 is 2.50 bits per heavy atom. The van der Waals surface area contributed by atoms with Gasteiger partial charge in [0.1, 0.15) is 5.57 Å². The van der Waals surface area contributed by atoms with E-state index in [0.29, 0.717) is 36.0 Å². The molecule has 0 aliphatic carbocycles. The van der Waals surface area contributed by atoms with Crippen LogP contribution in [0.25, 0.3) is 6.08 Å². The molecule has 156 valence electrons. The Labute approximate surface area is 175 Å². The van der Waals surface area contributed by atoms with Gasteiger partial charge in [-0.25, -0.2) is 9.69 Å². The van der Waals surface area contributed by atoms with Crippen molar-refractivity contribution in [3.8, 4) is 11.5 Å². The molecule has 4 amide bonds. The van der Waals surface area contributed by atoms with Crippen LogP contribution in [0.2, 0.25) is 0 Å². The minimum absolute atomic E-state index is 0.138. The molecule has 1 N–H and O–H groups in total. The van der Waals surface area contributed by atoms with E-state index >= 15 is 0 Å². The molecule has 0 saturated carbocycles. The molecule has 1 aliphatic rings. The lowest BCUT2D eigenvalue weighted by molar-refractivity contribution is -0.122. The molecule has 1 heterocycles. The van der Waals surface area contributed by atoms with Crippen LogP contribution in [0.1, 0.15) is 31.4 Å². The van der Waals surface area contributed by atoms with Gasteiger partial charge in [0, 0.05) is 0 Å². The predicted molar refractivity (Wildman–Crippen MR) is 114 cm³/mol. The smallest absolute Gasteiger partial charge is 0.335 e. The predicted octanol–water partition coefficient (Wildman–Crippen LogP) is 3.85. The van der Waals surface area contributed by atoms with Crippen LogP contribution >= 0.6 is 0 Å². The zero-order valence-corrected chi connectivity index (χ0v) is 17.2. The Kier molecular flexibility index (Phi) is 6.51. The number of barbiturate groups is 1. The second kappa shape index (κ2) is 9.26. The molecule has 7 heteroatoms. The van der Waals surface area contributed by atoms with Crippen LogP contribution in [0.4, 0.5) is 10.5 Å². The van der Waals surface area contributed by atoms with Crippen molar-refractivity contribution in [2.45, 2.75) is 27.2 Å². The van der Waals surface area contributed by atoms with Crippen molar-refractivity contribution >= 4 is 29.6 Å². The lowest BCUT2D eigenvalue weighted by Gasteiger charge is -2.26. The molecule has 7 nitrogen and oxygen atoms in total. The summed E-state index contributed by atoms with van der Waals surface area (Å²) < 4.78 is 11.3. The van der Waals surface area contributed by atoms with Crippen LogP contribution in [0.5, 0.6) is 11.5 Å². The summed E-state index contributed by atoms with van der Waals surface area (Å²) in [5.74, 6) is -0.302. The standard InChI is InChI=1S/C23H24N2O5/c1-4-11-30-19-10-9-16(14-20(19)29-5-2)13-18-21(26)24-23(28)25(22(18)27)17-8-6-7-15(3)12-17/h6-10,12-14H,4-5,11H2,1-3H3,(H,24,26,28)/b18-13+. The number of hydrogen-bond acceptors (Lipinski definition) is 5. The lowest BCUT2D eigenvalue weighted by atomic mass is 10.1. The Bertz CT molecular complexity index is 1010. The van der Waals surface area contributed by atoms with E-state index in [1.165, 1.54) is 6.08 Å². The molecule has 0 aromatic heterocycles. The quantitative estimate of drug-likeness (QED) is 0.556. The fourth-order valence-corrected chi connectivity index (χ4v) is 3.04. The van der Waals surface area contributed by atoms with Crippen LogP contribution < -0.4 is 19.7 Å². The number of carbonyl (C=O) groups excluding carboxylic acids is 3. The zero-order valence-electron chi connectivity index (χ0n) is 17.2. The molecule has 0 bridgehead atoms. The van der Waals surface area contributed by atoms with Gasteiger partial charge in [-0.15, -0.1) is 0 Å². The molecular formula is C23H24N2O5. The largest absolute Gasteiger partial charge is 0.490 e. The van der Waals surface area contributed by atoms with E-state index in [0.717, 1.165) is 16.9 Å². The van der Waals surface area contributed by atoms with Crippen molar-refractivity contribution in [1.82, 2.24) is 5.32 Å². The number of aryl methyl sites for hydroxylation is 1. The summed E-state index contributed by atoms with van der Waals surface area (Å²) in [6.07, 6.45) is 2.30. The van der Waals surface area contributed by atoms with Crippen LogP contribution in [0, 0.1) is 6.92 Å². The number of nitrogens with one attached hydrogen (secondary N) is 1. The maximum atomic E-state index is 13.0. The number of urea groups is 1. The van der Waals surface area contributed by atoms with Gasteiger partial charge in [-0.3, -0.25) is 14.9 Å². The summed E-state index contributed by atoms with van der Waals surface area (Å²) in [6.45, 7) is 6.72. The molecule has 1 fully saturated rings. The van der Waals surface area contributed by atoms with Crippen LogP contribution in [0.3, 0.4) is 0 Å². The average Bonchev–Trinajstić information content (AvgIpc) is 2.70. The molecule has 2 aromatic rings. The highest BCUT2D eigenvalue weighted by atomic mass is 16.5. The number of nitrogens with zero attached hydrogens (tertiary/aromatic N) is 1. The number of amides is 4. The zero-order chi connectivity index (χ0) is 21.7. The number of hydrogen-bond donors (Lipinski definition) is 1. The first kappa shape index (κ1) is 21.1. The van der Waals surface area contributed by atoms with Crippen LogP contribution in [0.15, 0.2) is 48.0 Å². The summed E-state index contributed by atoms with van der Waals surface area (Å²) in [4.78, 5) is 38.7. The lowest BCUT2D eigenvalue weighted by Crippen LogP contribution is -2.54. The maximum absolute atomic E-state index is 13.0. The average molecular weight is 408 g/mol. The van der Waals surface area contributed by atoms with Gasteiger partial charge in [0.25, 0.3) is 11.8 Å². The summed E-state index contributed by atoms with van der Waals surface area (Å²) in [7, 11) is 0. The Hall–Kier alpha value is -3.61. The van der Waals surface area contributed by atoms with Crippen molar-refractivity contribution in [3.05, 3.63) is 59.2 Å². The Balaban J connectivity index is 1.96. The number of benzene rings is 2. The first-order chi connectivity index (χ1) is 14.4. The maximum Gasteiger partial charge on any atom is 0.335 e. The topological polar surface area (TPSA) is 84.9 Å². The SMILES string of the molecule is CCCOc1ccc(/C=C2\C(=O)NC(=O)N(c3cccc(C)c3)C2=O)cc1OCC. The van der Waals surface area contributed by atoms with Gasteiger partial charge >= 0.3 is 6.03 Å². The molecule has 1 aliphatic heterocycles. The first-order valence-corrected chi connectivity index (χ1v) is 9.82. The highest BCUT2D eigenvalue weighted by molar-refractivity contribution is 6.39. The minimum Gasteiger partial charge on any atom is -0.490 e. The molecule has 30 heavy (non-hydrogen) atoms. The van der Waals surface area contributed by atoms with Crippen LogP contribution in [-0.4, -0.2) is 31.1 Å². The van der Waals surface area contributed by atoms with Gasteiger partial charge in [0.2, 0.25) is 0 Å². The van der Waals surface area contributed by atoms with E-state index in [-0.39, 0.29) is 5.57 Å². The van der Waals surface area contributed by atoms with E-state index in [1.807, 2.05) is 26.8 Å². The molecule has 1 saturated heterocycles. The molecule has 0 atom stereocenters. The van der Waals surface area contributed by atoms with E-state index in [4.69, 9.17) is 9.47 Å². The molecular weight excluding hydrogens is 384 g/mol. The highest BCUT2D eigenvalue weighted by Crippen LogP contribution is 2.30. The highest BCUT2D eigenvalue weighted by Gasteiger charge is 2.36. The van der Waals surface area contributed by atoms with Crippen molar-refractivity contribution in [1.29, 1.82) is 0 Å². The number of imide groups is 2. The van der Waals surface area contributed by atoms with Crippen LogP contribution in [-0.2, 0) is 9.59 Å². The third-order valence-corrected chi connectivity index (χ3v) is 4.40. The van der Waals surface area contributed by atoms with E-state index < -0.39 is 17.8 Å². The second-order valence-corrected chi connectivity index (χ2v) is 6.78. The van der Waals surface area contributed by atoms with Crippen molar-refractivity contribution in [2.24, 2.45) is 0 Å². The summed E-state index contributed by atoms with van der Waals surface area (Å²) in [5, 5.41) is 2.23. The summed E-state index contributed by atoms with van der Waals surface area (Å²) in [6, 6.07) is 11.4. The summed E-state index contributed by atoms with van der Waals surface area (Å²) in [5.41, 5.74) is 1.73. The molecule has 2 aromatic carbocycles. The molecule has 0 unspecified atom stereocenters. The van der Waals surface area contributed by atoms with Gasteiger partial charge in [-0.05, 0) is 61.7 Å². The molecule has 0 radical (unpaired) electrons. The van der Waals surface area contributed by atoms with Crippen molar-refractivity contribution in [2.75, 3.05) is 18.1 Å². The first-order valence-electron chi connectivity index (χ1n) is 9.82. The van der Waals surface area contributed by atoms with E-state index in [9.17, 15) is 14.4 Å². The van der Waals surface area contributed by atoms with Gasteiger partial charge in [-0.2, -0.15) is 0 Å². The second-order valence-electron chi connectivity index (χ2n) is 6.78. The summed E-state index contributed by atoms with van der Waals surface area (Å²) >= 11 is 0. The van der Waals surface area contributed by atoms with Gasteiger partial charge in [0.15, 0.2) is 11.5 Å². The minimum atomic E-state index is -0.772. The van der Waals surface area contributed by atoms with Crippen molar-refractivity contribution in [3.63, 3.8) is 0 Å². The fraction of sp³-hybridized carbons (Fsp3) is 0.261. The Morgan fingerprint density at radius 2 is 1.80 bits per heavy atom. The molecule has 3 rings (SSSR count). The monoisotopic (exact) mass is 408 g/mol. The fourth-order valence-electron chi connectivity index (χ4n) is 3.04. The Morgan fingerprint density at radius 1 is 1.00 bits per heavy atom. The molecule has 0 spiro atoms. The number of rotatable bonds is 7. The third kappa shape index (κ3) is 4.51. The normalized spacial score (nSPS) is 15.4. The number of carbonyl (C=O) groups is 3. The van der Waals surface area contributed by atoms with Gasteiger partial charge in [0.05, 0.1) is 18.9 Å². The van der Waals surface area contributed by atoms with Crippen molar-refractivity contribution < 1.29 is 23.9 Å². The third-order valence-electron chi connectivity index (χ3n) is 4.40. The van der Waals surface area contributed by atoms with E-state index in [1.54, 1.807) is 36.4 Å². The van der Waals surface area contributed by atoms with E-state index in [2.05, 4.69) is 5.32 Å². The van der Waals surface area contributed by atoms with Gasteiger partial charge < -0.3 is 9.47 Å². The number of ether oxygens (including phenoxy) is 2. The number of anilines is 1. The van der Waals surface area contributed by atoms with Gasteiger partial charge in [-0.1, -0.05) is 25.1 Å².